The van der Waals surface area contributed by atoms with E-state index in [4.69, 9.17) is 21.1 Å². The van der Waals surface area contributed by atoms with E-state index >= 15 is 0 Å². The third-order valence-electron chi connectivity index (χ3n) is 2.53. The minimum atomic E-state index is -0.0990. The Hall–Kier alpha value is -1.30. The zero-order chi connectivity index (χ0) is 14.1. The van der Waals surface area contributed by atoms with Crippen molar-refractivity contribution >= 4 is 17.5 Å². The predicted octanol–water partition coefficient (Wildman–Crippen LogP) is 1.20. The van der Waals surface area contributed by atoms with E-state index in [1.54, 1.807) is 26.4 Å². The molecule has 0 unspecified atom stereocenters. The molecule has 5 nitrogen and oxygen atoms in total. The summed E-state index contributed by atoms with van der Waals surface area (Å²) in [4.78, 5) is 11.6. The molecule has 19 heavy (non-hydrogen) atoms. The second kappa shape index (κ2) is 8.74. The van der Waals surface area contributed by atoms with Gasteiger partial charge in [-0.25, -0.2) is 0 Å². The van der Waals surface area contributed by atoms with Gasteiger partial charge in [0.1, 0.15) is 5.75 Å². The van der Waals surface area contributed by atoms with E-state index in [0.717, 1.165) is 5.56 Å². The third kappa shape index (κ3) is 5.46. The van der Waals surface area contributed by atoms with Crippen LogP contribution in [0.4, 0.5) is 0 Å². The molecule has 1 amide bonds. The van der Waals surface area contributed by atoms with Crippen molar-refractivity contribution in [3.05, 3.63) is 28.8 Å². The minimum absolute atomic E-state index is 0.0990. The standard InChI is InChI=1S/C13H19ClN2O3/c1-18-7-6-15-9-13(17)16-8-10-11(14)4-3-5-12(10)19-2/h3-5,15H,6-9H2,1-2H3,(H,16,17). The lowest BCUT2D eigenvalue weighted by Gasteiger charge is -2.11. The van der Waals surface area contributed by atoms with Crippen LogP contribution in [0.1, 0.15) is 5.56 Å². The SMILES string of the molecule is COCCNCC(=O)NCc1c(Cl)cccc1OC. The topological polar surface area (TPSA) is 59.6 Å². The maximum atomic E-state index is 11.6. The molecular formula is C13H19ClN2O3. The van der Waals surface area contributed by atoms with Crippen molar-refractivity contribution in [2.75, 3.05) is 33.9 Å². The molecule has 1 aromatic carbocycles. The van der Waals surface area contributed by atoms with Crippen molar-refractivity contribution in [3.63, 3.8) is 0 Å². The summed E-state index contributed by atoms with van der Waals surface area (Å²) in [6, 6.07) is 5.38. The molecule has 0 aliphatic heterocycles. The van der Waals surface area contributed by atoms with Crippen molar-refractivity contribution in [1.29, 1.82) is 0 Å². The van der Waals surface area contributed by atoms with Crippen molar-refractivity contribution in [3.8, 4) is 5.75 Å². The fourth-order valence-electron chi connectivity index (χ4n) is 1.53. The normalized spacial score (nSPS) is 10.3. The van der Waals surface area contributed by atoms with Gasteiger partial charge in [0, 0.05) is 30.8 Å². The van der Waals surface area contributed by atoms with Gasteiger partial charge in [0.15, 0.2) is 0 Å². The summed E-state index contributed by atoms with van der Waals surface area (Å²) in [7, 11) is 3.19. The Morgan fingerprint density at radius 1 is 1.37 bits per heavy atom. The average molecular weight is 287 g/mol. The number of hydrogen-bond donors (Lipinski definition) is 2. The van der Waals surface area contributed by atoms with Crippen LogP contribution in [0.25, 0.3) is 0 Å². The fourth-order valence-corrected chi connectivity index (χ4v) is 1.76. The van der Waals surface area contributed by atoms with Crippen LogP contribution in [0.3, 0.4) is 0 Å². The second-order valence-corrected chi connectivity index (χ2v) is 4.27. The van der Waals surface area contributed by atoms with Crippen LogP contribution in [-0.2, 0) is 16.1 Å². The fraction of sp³-hybridized carbons (Fsp3) is 0.462. The van der Waals surface area contributed by atoms with Gasteiger partial charge in [-0.15, -0.1) is 0 Å². The number of benzene rings is 1. The minimum Gasteiger partial charge on any atom is -0.496 e. The van der Waals surface area contributed by atoms with Gasteiger partial charge < -0.3 is 20.1 Å². The van der Waals surface area contributed by atoms with Crippen molar-refractivity contribution in [1.82, 2.24) is 10.6 Å². The largest absolute Gasteiger partial charge is 0.496 e. The van der Waals surface area contributed by atoms with Crippen LogP contribution >= 0.6 is 11.6 Å². The summed E-state index contributed by atoms with van der Waals surface area (Å²) in [6.45, 7) is 1.80. The smallest absolute Gasteiger partial charge is 0.234 e. The lowest BCUT2D eigenvalue weighted by Crippen LogP contribution is -2.34. The Labute approximate surface area is 118 Å². The van der Waals surface area contributed by atoms with E-state index in [9.17, 15) is 4.79 Å². The van der Waals surface area contributed by atoms with E-state index in [2.05, 4.69) is 10.6 Å². The van der Waals surface area contributed by atoms with Crippen LogP contribution in [0.15, 0.2) is 18.2 Å². The molecule has 0 saturated heterocycles. The summed E-state index contributed by atoms with van der Waals surface area (Å²) >= 11 is 6.07. The quantitative estimate of drug-likeness (QED) is 0.705. The number of carbonyl (C=O) groups excluding carboxylic acids is 1. The summed E-state index contributed by atoms with van der Waals surface area (Å²) < 4.78 is 10.1. The van der Waals surface area contributed by atoms with Crippen LogP contribution in [0.2, 0.25) is 5.02 Å². The second-order valence-electron chi connectivity index (χ2n) is 3.87. The molecule has 0 spiro atoms. The molecule has 0 aromatic heterocycles. The number of nitrogens with one attached hydrogen (secondary N) is 2. The first-order valence-electron chi connectivity index (χ1n) is 5.96. The average Bonchev–Trinajstić information content (AvgIpc) is 2.42. The Kier molecular flexibility index (Phi) is 7.25. The Morgan fingerprint density at radius 3 is 2.84 bits per heavy atom. The van der Waals surface area contributed by atoms with E-state index in [1.807, 2.05) is 6.07 Å². The van der Waals surface area contributed by atoms with Gasteiger partial charge in [-0.2, -0.15) is 0 Å². The molecule has 0 heterocycles. The number of hydrogen-bond acceptors (Lipinski definition) is 4. The van der Waals surface area contributed by atoms with Crippen molar-refractivity contribution < 1.29 is 14.3 Å². The zero-order valence-electron chi connectivity index (χ0n) is 11.2. The zero-order valence-corrected chi connectivity index (χ0v) is 11.9. The first kappa shape index (κ1) is 15.8. The molecule has 6 heteroatoms. The lowest BCUT2D eigenvalue weighted by molar-refractivity contribution is -0.120. The van der Waals surface area contributed by atoms with E-state index in [-0.39, 0.29) is 12.5 Å². The van der Waals surface area contributed by atoms with Gasteiger partial charge in [0.05, 0.1) is 20.3 Å². The van der Waals surface area contributed by atoms with Gasteiger partial charge in [-0.3, -0.25) is 4.79 Å². The van der Waals surface area contributed by atoms with Crippen LogP contribution in [-0.4, -0.2) is 39.8 Å². The molecule has 0 radical (unpaired) electrons. The third-order valence-corrected chi connectivity index (χ3v) is 2.88. The number of rotatable bonds is 8. The molecule has 0 aliphatic rings. The Balaban J connectivity index is 2.42. The number of halogens is 1. The van der Waals surface area contributed by atoms with Gasteiger partial charge in [0.25, 0.3) is 0 Å². The monoisotopic (exact) mass is 286 g/mol. The highest BCUT2D eigenvalue weighted by Gasteiger charge is 2.08. The van der Waals surface area contributed by atoms with Crippen molar-refractivity contribution in [2.45, 2.75) is 6.54 Å². The van der Waals surface area contributed by atoms with E-state index in [1.165, 1.54) is 0 Å². The van der Waals surface area contributed by atoms with Crippen LogP contribution in [0.5, 0.6) is 5.75 Å². The molecule has 0 aliphatic carbocycles. The maximum Gasteiger partial charge on any atom is 0.234 e. The first-order chi connectivity index (χ1) is 9.19. The van der Waals surface area contributed by atoms with E-state index < -0.39 is 0 Å². The highest BCUT2D eigenvalue weighted by Crippen LogP contribution is 2.25. The molecule has 0 bridgehead atoms. The number of methoxy groups -OCH3 is 2. The number of amides is 1. The predicted molar refractivity (Wildman–Crippen MR) is 74.6 cm³/mol. The molecule has 0 fully saturated rings. The lowest BCUT2D eigenvalue weighted by atomic mass is 10.2. The summed E-state index contributed by atoms with van der Waals surface area (Å²) in [5.41, 5.74) is 0.775. The number of carbonyl (C=O) groups is 1. The van der Waals surface area contributed by atoms with E-state index in [0.29, 0.717) is 30.5 Å². The molecule has 1 aromatic rings. The highest BCUT2D eigenvalue weighted by molar-refractivity contribution is 6.31. The Morgan fingerprint density at radius 2 is 2.16 bits per heavy atom. The molecule has 106 valence electrons. The molecule has 0 atom stereocenters. The van der Waals surface area contributed by atoms with Crippen molar-refractivity contribution in [2.24, 2.45) is 0 Å². The molecular weight excluding hydrogens is 268 g/mol. The van der Waals surface area contributed by atoms with Gasteiger partial charge in [0.2, 0.25) is 5.91 Å². The maximum absolute atomic E-state index is 11.6. The molecule has 0 saturated carbocycles. The van der Waals surface area contributed by atoms with Crippen LogP contribution in [0, 0.1) is 0 Å². The van der Waals surface area contributed by atoms with Gasteiger partial charge in [-0.05, 0) is 12.1 Å². The molecule has 2 N–H and O–H groups in total. The summed E-state index contributed by atoms with van der Waals surface area (Å²) in [5, 5.41) is 6.32. The highest BCUT2D eigenvalue weighted by atomic mass is 35.5. The van der Waals surface area contributed by atoms with Gasteiger partial charge in [-0.1, -0.05) is 17.7 Å². The summed E-state index contributed by atoms with van der Waals surface area (Å²) in [6.07, 6.45) is 0. The number of ether oxygens (including phenoxy) is 2. The summed E-state index contributed by atoms with van der Waals surface area (Å²) in [5.74, 6) is 0.568. The van der Waals surface area contributed by atoms with Gasteiger partial charge >= 0.3 is 0 Å². The Bertz CT molecular complexity index is 413. The molecule has 1 rings (SSSR count). The van der Waals surface area contributed by atoms with Crippen LogP contribution < -0.4 is 15.4 Å². The first-order valence-corrected chi connectivity index (χ1v) is 6.34.